The van der Waals surface area contributed by atoms with Crippen molar-refractivity contribution in [3.8, 4) is 0 Å². The van der Waals surface area contributed by atoms with E-state index < -0.39 is 10.0 Å². The average Bonchev–Trinajstić information content (AvgIpc) is 2.73. The Labute approximate surface area is 109 Å². The van der Waals surface area contributed by atoms with E-state index in [1.54, 1.807) is 18.2 Å². The van der Waals surface area contributed by atoms with Gasteiger partial charge in [0.05, 0.1) is 4.90 Å². The van der Waals surface area contributed by atoms with Crippen molar-refractivity contribution >= 4 is 15.7 Å². The van der Waals surface area contributed by atoms with Gasteiger partial charge in [-0.3, -0.25) is 0 Å². The van der Waals surface area contributed by atoms with E-state index in [0.29, 0.717) is 24.1 Å². The number of hydrogen-bond donors (Lipinski definition) is 2. The van der Waals surface area contributed by atoms with Gasteiger partial charge in [-0.2, -0.15) is 0 Å². The summed E-state index contributed by atoms with van der Waals surface area (Å²) in [6.45, 7) is 2.74. The summed E-state index contributed by atoms with van der Waals surface area (Å²) in [4.78, 5) is 0.244. The second kappa shape index (κ2) is 5.28. The van der Waals surface area contributed by atoms with Crippen molar-refractivity contribution in [3.63, 3.8) is 0 Å². The molecule has 1 fully saturated rings. The largest absolute Gasteiger partial charge is 0.399 e. The van der Waals surface area contributed by atoms with Crippen LogP contribution in [0, 0.1) is 11.8 Å². The minimum absolute atomic E-state index is 0.244. The summed E-state index contributed by atoms with van der Waals surface area (Å²) in [5.74, 6) is 1.18. The quantitative estimate of drug-likeness (QED) is 0.820. The van der Waals surface area contributed by atoms with Crippen LogP contribution in [-0.4, -0.2) is 15.0 Å². The van der Waals surface area contributed by atoms with E-state index in [9.17, 15) is 8.42 Å². The first-order chi connectivity index (χ1) is 8.47. The normalized spacial score (nSPS) is 24.3. The minimum Gasteiger partial charge on any atom is -0.399 e. The number of rotatable bonds is 4. The molecule has 5 heteroatoms. The van der Waals surface area contributed by atoms with E-state index in [2.05, 4.69) is 11.6 Å². The highest BCUT2D eigenvalue weighted by molar-refractivity contribution is 7.89. The predicted octanol–water partition coefficient (Wildman–Crippen LogP) is 1.98. The summed E-state index contributed by atoms with van der Waals surface area (Å²) in [7, 11) is -3.42. The molecule has 2 rings (SSSR count). The maximum absolute atomic E-state index is 12.1. The van der Waals surface area contributed by atoms with Crippen molar-refractivity contribution in [3.05, 3.63) is 24.3 Å². The third kappa shape index (κ3) is 3.23. The van der Waals surface area contributed by atoms with Crippen molar-refractivity contribution in [1.82, 2.24) is 4.72 Å². The first-order valence-electron chi connectivity index (χ1n) is 6.32. The molecule has 0 saturated heterocycles. The molecule has 1 aromatic rings. The molecule has 0 amide bonds. The van der Waals surface area contributed by atoms with E-state index in [-0.39, 0.29) is 4.90 Å². The van der Waals surface area contributed by atoms with E-state index >= 15 is 0 Å². The maximum Gasteiger partial charge on any atom is 0.240 e. The van der Waals surface area contributed by atoms with Gasteiger partial charge in [0.25, 0.3) is 0 Å². The van der Waals surface area contributed by atoms with Crippen molar-refractivity contribution in [2.24, 2.45) is 11.8 Å². The third-order valence-electron chi connectivity index (χ3n) is 3.53. The molecule has 0 aliphatic heterocycles. The number of benzene rings is 1. The Balaban J connectivity index is 1.99. The molecule has 0 aromatic heterocycles. The minimum atomic E-state index is -3.42. The molecule has 0 spiro atoms. The van der Waals surface area contributed by atoms with Crippen LogP contribution in [0.25, 0.3) is 0 Å². The highest BCUT2D eigenvalue weighted by Crippen LogP contribution is 2.29. The van der Waals surface area contributed by atoms with Crippen LogP contribution in [0.4, 0.5) is 5.69 Å². The van der Waals surface area contributed by atoms with Crippen LogP contribution in [0.15, 0.2) is 29.2 Å². The zero-order valence-corrected chi connectivity index (χ0v) is 11.4. The smallest absolute Gasteiger partial charge is 0.240 e. The van der Waals surface area contributed by atoms with Crippen LogP contribution >= 0.6 is 0 Å². The topological polar surface area (TPSA) is 72.2 Å². The predicted molar refractivity (Wildman–Crippen MR) is 72.5 cm³/mol. The zero-order chi connectivity index (χ0) is 13.2. The molecule has 0 heterocycles. The molecule has 0 bridgehead atoms. The van der Waals surface area contributed by atoms with E-state index in [0.717, 1.165) is 12.8 Å². The Kier molecular flexibility index (Phi) is 3.92. The second-order valence-electron chi connectivity index (χ2n) is 5.21. The molecule has 1 aromatic carbocycles. The summed E-state index contributed by atoms with van der Waals surface area (Å²) in [6.07, 6.45) is 3.42. The number of anilines is 1. The Morgan fingerprint density at radius 2 is 2.17 bits per heavy atom. The summed E-state index contributed by atoms with van der Waals surface area (Å²) in [5.41, 5.74) is 6.06. The van der Waals surface area contributed by atoms with E-state index in [1.165, 1.54) is 12.5 Å². The lowest BCUT2D eigenvalue weighted by molar-refractivity contribution is 0.498. The van der Waals surface area contributed by atoms with Crippen molar-refractivity contribution in [2.45, 2.75) is 31.1 Å². The Morgan fingerprint density at radius 1 is 1.39 bits per heavy atom. The summed E-state index contributed by atoms with van der Waals surface area (Å²) >= 11 is 0. The van der Waals surface area contributed by atoms with Gasteiger partial charge in [-0.05, 0) is 42.9 Å². The number of nitrogens with one attached hydrogen (secondary N) is 1. The molecule has 0 radical (unpaired) electrons. The molecule has 3 N–H and O–H groups in total. The number of sulfonamides is 1. The van der Waals surface area contributed by atoms with Gasteiger partial charge in [-0.25, -0.2) is 13.1 Å². The fraction of sp³-hybridized carbons (Fsp3) is 0.538. The summed E-state index contributed by atoms with van der Waals surface area (Å²) < 4.78 is 26.8. The van der Waals surface area contributed by atoms with Gasteiger partial charge >= 0.3 is 0 Å². The number of nitrogens with two attached hydrogens (primary N) is 1. The van der Waals surface area contributed by atoms with Gasteiger partial charge in [-0.1, -0.05) is 19.4 Å². The zero-order valence-electron chi connectivity index (χ0n) is 10.6. The van der Waals surface area contributed by atoms with Crippen LogP contribution < -0.4 is 10.5 Å². The van der Waals surface area contributed by atoms with Gasteiger partial charge in [0, 0.05) is 12.2 Å². The maximum atomic E-state index is 12.1. The second-order valence-corrected chi connectivity index (χ2v) is 6.98. The SMILES string of the molecule is CC1CCC(CNS(=O)(=O)c2cccc(N)c2)C1. The van der Waals surface area contributed by atoms with Crippen LogP contribution in [-0.2, 0) is 10.0 Å². The molecular weight excluding hydrogens is 248 g/mol. The standard InChI is InChI=1S/C13H20N2O2S/c1-10-5-6-11(7-10)9-15-18(16,17)13-4-2-3-12(14)8-13/h2-4,8,10-11,15H,5-7,9,14H2,1H3. The molecule has 100 valence electrons. The van der Waals surface area contributed by atoms with Crippen molar-refractivity contribution in [2.75, 3.05) is 12.3 Å². The Hall–Kier alpha value is -1.07. The van der Waals surface area contributed by atoms with Crippen LogP contribution in [0.3, 0.4) is 0 Å². The highest BCUT2D eigenvalue weighted by Gasteiger charge is 2.23. The molecule has 2 atom stereocenters. The molecule has 4 nitrogen and oxygen atoms in total. The molecule has 1 aliphatic rings. The lowest BCUT2D eigenvalue weighted by Crippen LogP contribution is -2.28. The molecule has 18 heavy (non-hydrogen) atoms. The van der Waals surface area contributed by atoms with Gasteiger partial charge in [0.1, 0.15) is 0 Å². The van der Waals surface area contributed by atoms with E-state index in [1.807, 2.05) is 0 Å². The van der Waals surface area contributed by atoms with Crippen LogP contribution in [0.1, 0.15) is 26.2 Å². The van der Waals surface area contributed by atoms with Crippen molar-refractivity contribution < 1.29 is 8.42 Å². The fourth-order valence-electron chi connectivity index (χ4n) is 2.50. The molecule has 2 unspecified atom stereocenters. The average molecular weight is 268 g/mol. The molecular formula is C13H20N2O2S. The van der Waals surface area contributed by atoms with Gasteiger partial charge < -0.3 is 5.73 Å². The first kappa shape index (κ1) is 13.4. The molecule has 1 saturated carbocycles. The number of hydrogen-bond acceptors (Lipinski definition) is 3. The first-order valence-corrected chi connectivity index (χ1v) is 7.81. The van der Waals surface area contributed by atoms with Gasteiger partial charge in [0.2, 0.25) is 10.0 Å². The Bertz CT molecular complexity index is 513. The third-order valence-corrected chi connectivity index (χ3v) is 4.96. The van der Waals surface area contributed by atoms with E-state index in [4.69, 9.17) is 5.73 Å². The van der Waals surface area contributed by atoms with Gasteiger partial charge in [-0.15, -0.1) is 0 Å². The van der Waals surface area contributed by atoms with Gasteiger partial charge in [0.15, 0.2) is 0 Å². The fourth-order valence-corrected chi connectivity index (χ4v) is 3.67. The number of nitrogen functional groups attached to an aromatic ring is 1. The lowest BCUT2D eigenvalue weighted by atomic mass is 10.1. The Morgan fingerprint density at radius 3 is 2.78 bits per heavy atom. The van der Waals surface area contributed by atoms with Crippen LogP contribution in [0.5, 0.6) is 0 Å². The summed E-state index contributed by atoms with van der Waals surface area (Å²) in [6, 6.07) is 6.38. The van der Waals surface area contributed by atoms with Crippen molar-refractivity contribution in [1.29, 1.82) is 0 Å². The molecule has 1 aliphatic carbocycles. The summed E-state index contributed by atoms with van der Waals surface area (Å²) in [5, 5.41) is 0. The lowest BCUT2D eigenvalue weighted by Gasteiger charge is -2.12. The van der Waals surface area contributed by atoms with Crippen LogP contribution in [0.2, 0.25) is 0 Å². The monoisotopic (exact) mass is 268 g/mol. The highest BCUT2D eigenvalue weighted by atomic mass is 32.2.